The van der Waals surface area contributed by atoms with E-state index >= 15 is 0 Å². The third-order valence-electron chi connectivity index (χ3n) is 8.97. The summed E-state index contributed by atoms with van der Waals surface area (Å²) < 4.78 is 24.2. The van der Waals surface area contributed by atoms with Crippen molar-refractivity contribution in [2.45, 2.75) is 128 Å². The maximum atomic E-state index is 11.4. The first-order valence-electron chi connectivity index (χ1n) is 14.4. The molecule has 8 atom stereocenters. The minimum atomic E-state index is -0.979. The van der Waals surface area contributed by atoms with Gasteiger partial charge in [0.2, 0.25) is 5.79 Å². The highest BCUT2D eigenvalue weighted by atomic mass is 17.3. The van der Waals surface area contributed by atoms with E-state index in [0.717, 1.165) is 64.2 Å². The Kier molecular flexibility index (Phi) is 9.89. The minimum Gasteiger partial charge on any atom is -0.481 e. The van der Waals surface area contributed by atoms with Crippen LogP contribution in [0.1, 0.15) is 104 Å². The highest BCUT2D eigenvalue weighted by Crippen LogP contribution is 2.60. The van der Waals surface area contributed by atoms with Crippen LogP contribution in [0, 0.1) is 23.7 Å². The molecular formula is C28H46O9. The fourth-order valence-electron chi connectivity index (χ4n) is 6.82. The Hall–Kier alpha value is -1.26. The van der Waals surface area contributed by atoms with Crippen LogP contribution in [0.4, 0.5) is 0 Å². The maximum absolute atomic E-state index is 11.4. The SMILES string of the molecule is C[C@@H]1CC[C@H]2[C@@H](C)C(OCCCCCCCCCOC(=O)CCC(=O)O)O[C@@H]3O[C@]4(C)CC[C@@H]1[C@]32OO4. The van der Waals surface area contributed by atoms with Gasteiger partial charge >= 0.3 is 11.9 Å². The first kappa shape index (κ1) is 28.7. The van der Waals surface area contributed by atoms with Crippen molar-refractivity contribution in [3.8, 4) is 0 Å². The van der Waals surface area contributed by atoms with E-state index in [1.165, 1.54) is 6.42 Å². The number of unbranched alkanes of at least 4 members (excludes halogenated alkanes) is 6. The zero-order chi connectivity index (χ0) is 26.5. The molecule has 2 bridgehead atoms. The summed E-state index contributed by atoms with van der Waals surface area (Å²) in [6.45, 7) is 7.53. The minimum absolute atomic E-state index is 0.0570. The van der Waals surface area contributed by atoms with E-state index in [0.29, 0.717) is 25.0 Å². The Bertz CT molecular complexity index is 775. The number of hydrogen-bond acceptors (Lipinski definition) is 8. The van der Waals surface area contributed by atoms with Crippen LogP contribution < -0.4 is 0 Å². The Morgan fingerprint density at radius 2 is 1.59 bits per heavy atom. The normalized spacial score (nSPS) is 38.6. The highest BCUT2D eigenvalue weighted by molar-refractivity contribution is 5.76. The lowest BCUT2D eigenvalue weighted by Gasteiger charge is -2.60. The number of rotatable bonds is 14. The van der Waals surface area contributed by atoms with E-state index in [1.54, 1.807) is 0 Å². The number of fused-ring (bicyclic) bond motifs is 2. The molecule has 9 heteroatoms. The highest BCUT2D eigenvalue weighted by Gasteiger charge is 2.69. The summed E-state index contributed by atoms with van der Waals surface area (Å²) in [4.78, 5) is 33.9. The molecule has 1 unspecified atom stereocenters. The van der Waals surface area contributed by atoms with Crippen molar-refractivity contribution < 1.29 is 43.4 Å². The summed E-state index contributed by atoms with van der Waals surface area (Å²) in [5, 5.41) is 8.57. The molecule has 212 valence electrons. The Labute approximate surface area is 220 Å². The van der Waals surface area contributed by atoms with Gasteiger partial charge in [-0.1, -0.05) is 46.0 Å². The average molecular weight is 527 g/mol. The first-order valence-corrected chi connectivity index (χ1v) is 14.4. The summed E-state index contributed by atoms with van der Waals surface area (Å²) in [6, 6.07) is 0. The fourth-order valence-corrected chi connectivity index (χ4v) is 6.82. The summed E-state index contributed by atoms with van der Waals surface area (Å²) in [6.07, 6.45) is 10.4. The van der Waals surface area contributed by atoms with E-state index < -0.39 is 29.6 Å². The molecule has 4 aliphatic heterocycles. The van der Waals surface area contributed by atoms with Crippen LogP contribution in [-0.2, 0) is 38.3 Å². The lowest BCUT2D eigenvalue weighted by Crippen LogP contribution is -2.70. The van der Waals surface area contributed by atoms with Gasteiger partial charge in [0.15, 0.2) is 18.2 Å². The van der Waals surface area contributed by atoms with Crippen molar-refractivity contribution in [3.63, 3.8) is 0 Å². The monoisotopic (exact) mass is 526 g/mol. The molecule has 1 aliphatic carbocycles. The van der Waals surface area contributed by atoms with Gasteiger partial charge in [0.05, 0.1) is 19.4 Å². The van der Waals surface area contributed by atoms with E-state index in [9.17, 15) is 9.59 Å². The number of esters is 1. The van der Waals surface area contributed by atoms with E-state index in [-0.39, 0.29) is 31.0 Å². The molecule has 37 heavy (non-hydrogen) atoms. The van der Waals surface area contributed by atoms with E-state index in [4.69, 9.17) is 33.8 Å². The van der Waals surface area contributed by atoms with Gasteiger partial charge in [-0.05, 0) is 50.9 Å². The molecule has 0 aromatic carbocycles. The quantitative estimate of drug-likeness (QED) is 0.182. The van der Waals surface area contributed by atoms with Crippen LogP contribution in [0.15, 0.2) is 0 Å². The molecule has 4 heterocycles. The smallest absolute Gasteiger partial charge is 0.306 e. The van der Waals surface area contributed by atoms with Gasteiger partial charge < -0.3 is 24.1 Å². The Balaban J connectivity index is 1.11. The summed E-state index contributed by atoms with van der Waals surface area (Å²) in [7, 11) is 0. The second-order valence-corrected chi connectivity index (χ2v) is 11.7. The van der Waals surface area contributed by atoms with Crippen LogP contribution in [-0.4, -0.2) is 54.2 Å². The molecule has 0 aromatic rings. The summed E-state index contributed by atoms with van der Waals surface area (Å²) in [5.41, 5.74) is -0.538. The Morgan fingerprint density at radius 3 is 2.32 bits per heavy atom. The van der Waals surface area contributed by atoms with Crippen molar-refractivity contribution in [3.05, 3.63) is 0 Å². The van der Waals surface area contributed by atoms with E-state index in [2.05, 4.69) is 13.8 Å². The zero-order valence-corrected chi connectivity index (χ0v) is 22.8. The third-order valence-corrected chi connectivity index (χ3v) is 8.97. The number of carboxylic acid groups (broad SMARTS) is 1. The molecule has 5 aliphatic rings. The molecule has 5 rings (SSSR count). The summed E-state index contributed by atoms with van der Waals surface area (Å²) in [5.74, 6) is -0.750. The van der Waals surface area contributed by atoms with Gasteiger partial charge in [0.25, 0.3) is 0 Å². The molecule has 9 nitrogen and oxygen atoms in total. The third kappa shape index (κ3) is 6.67. The number of carbonyl (C=O) groups excluding carboxylic acids is 1. The lowest BCUT2D eigenvalue weighted by atomic mass is 9.58. The number of aliphatic carboxylic acids is 1. The van der Waals surface area contributed by atoms with Crippen molar-refractivity contribution in [1.29, 1.82) is 0 Å². The largest absolute Gasteiger partial charge is 0.481 e. The second kappa shape index (κ2) is 12.7. The molecule has 1 spiro atoms. The predicted octanol–water partition coefficient (Wildman–Crippen LogP) is 5.35. The number of carboxylic acids is 1. The van der Waals surface area contributed by atoms with Crippen LogP contribution in [0.2, 0.25) is 0 Å². The van der Waals surface area contributed by atoms with Crippen LogP contribution in [0.25, 0.3) is 0 Å². The fraction of sp³-hybridized carbons (Fsp3) is 0.929. The number of hydrogen-bond donors (Lipinski definition) is 1. The van der Waals surface area contributed by atoms with Gasteiger partial charge in [-0.3, -0.25) is 9.59 Å². The van der Waals surface area contributed by atoms with Crippen molar-refractivity contribution in [2.24, 2.45) is 23.7 Å². The number of carbonyl (C=O) groups is 2. The molecule has 0 amide bonds. The standard InChI is InChI=1S/C28H46O9/c1-19-11-12-22-20(2)25(34-26-28(22)21(19)15-16-27(3,35-26)36-37-28)33-18-10-8-6-4-5-7-9-17-32-24(31)14-13-23(29)30/h19-22,25-26H,4-18H2,1-3H3,(H,29,30)/t19-,20-,21+,22+,25?,26-,27+,28-/m1/s1. The van der Waals surface area contributed by atoms with Crippen LogP contribution in [0.5, 0.6) is 0 Å². The molecule has 5 fully saturated rings. The van der Waals surface area contributed by atoms with Gasteiger partial charge in [-0.2, -0.15) is 0 Å². The lowest BCUT2D eigenvalue weighted by molar-refractivity contribution is -0.577. The second-order valence-electron chi connectivity index (χ2n) is 11.7. The van der Waals surface area contributed by atoms with Crippen LogP contribution >= 0.6 is 0 Å². The van der Waals surface area contributed by atoms with Gasteiger partial charge in [0, 0.05) is 24.9 Å². The molecule has 0 radical (unpaired) electrons. The zero-order valence-electron chi connectivity index (χ0n) is 22.8. The molecular weight excluding hydrogens is 480 g/mol. The van der Waals surface area contributed by atoms with Gasteiger partial charge in [0.1, 0.15) is 0 Å². The molecule has 1 saturated carbocycles. The maximum Gasteiger partial charge on any atom is 0.306 e. The summed E-state index contributed by atoms with van der Waals surface area (Å²) >= 11 is 0. The molecule has 4 saturated heterocycles. The molecule has 1 N–H and O–H groups in total. The van der Waals surface area contributed by atoms with Crippen molar-refractivity contribution in [1.82, 2.24) is 0 Å². The van der Waals surface area contributed by atoms with Crippen molar-refractivity contribution in [2.75, 3.05) is 13.2 Å². The van der Waals surface area contributed by atoms with Crippen molar-refractivity contribution >= 4 is 11.9 Å². The topological polar surface area (TPSA) is 110 Å². The molecule has 0 aromatic heterocycles. The first-order chi connectivity index (χ1) is 17.7. The predicted molar refractivity (Wildman–Crippen MR) is 133 cm³/mol. The van der Waals surface area contributed by atoms with Gasteiger partial charge in [-0.15, -0.1) is 0 Å². The Morgan fingerprint density at radius 1 is 0.892 bits per heavy atom. The van der Waals surface area contributed by atoms with E-state index in [1.807, 2.05) is 6.92 Å². The number of ether oxygens (including phenoxy) is 4. The average Bonchev–Trinajstić information content (AvgIpc) is 3.09. The van der Waals surface area contributed by atoms with Gasteiger partial charge in [-0.25, -0.2) is 9.78 Å². The van der Waals surface area contributed by atoms with Crippen LogP contribution in [0.3, 0.4) is 0 Å².